The van der Waals surface area contributed by atoms with Crippen molar-refractivity contribution in [2.24, 2.45) is 0 Å². The van der Waals surface area contributed by atoms with E-state index < -0.39 is 29.2 Å². The Bertz CT molecular complexity index is 469. The Morgan fingerprint density at radius 3 is 1.76 bits per heavy atom. The van der Waals surface area contributed by atoms with Gasteiger partial charge in [-0.2, -0.15) is 0 Å². The summed E-state index contributed by atoms with van der Waals surface area (Å²) in [5.41, 5.74) is 0. The summed E-state index contributed by atoms with van der Waals surface area (Å²) in [6.45, 7) is 0.657. The Labute approximate surface area is 148 Å². The molecule has 0 heterocycles. The summed E-state index contributed by atoms with van der Waals surface area (Å²) in [7, 11) is 12.4. The third-order valence-electron chi connectivity index (χ3n) is 3.05. The second kappa shape index (κ2) is 9.52. The van der Waals surface area contributed by atoms with Crippen LogP contribution >= 0.6 is 0 Å². The van der Waals surface area contributed by atoms with Crippen molar-refractivity contribution in [1.29, 1.82) is 0 Å². The summed E-state index contributed by atoms with van der Waals surface area (Å²) in [5.74, 6) is -1.14. The molecule has 0 N–H and O–H groups in total. The Kier molecular flexibility index (Phi) is 8.78. The van der Waals surface area contributed by atoms with E-state index in [0.29, 0.717) is 15.5 Å². The average molecular weight is 365 g/mol. The predicted molar refractivity (Wildman–Crippen MR) is 88.8 cm³/mol. The fraction of sp³-hybridized carbons (Fsp3) is 0.867. The van der Waals surface area contributed by atoms with Gasteiger partial charge in [-0.05, 0) is 0 Å². The van der Waals surface area contributed by atoms with Gasteiger partial charge < -0.3 is 23.3 Å². The Hall–Kier alpha value is -1.94. The van der Waals surface area contributed by atoms with E-state index in [4.69, 9.17) is 4.74 Å². The maximum atomic E-state index is 12.2. The van der Waals surface area contributed by atoms with Crippen LogP contribution < -0.4 is 0 Å². The third kappa shape index (κ3) is 13.1. The summed E-state index contributed by atoms with van der Waals surface area (Å²) in [6, 6.07) is 0. The summed E-state index contributed by atoms with van der Waals surface area (Å²) in [4.78, 5) is 38.9. The second-order valence-corrected chi connectivity index (χ2v) is 7.99. The van der Waals surface area contributed by atoms with Crippen LogP contribution in [0.5, 0.6) is 0 Å². The van der Waals surface area contributed by atoms with Crippen LogP contribution in [0, 0.1) is 10.1 Å². The van der Waals surface area contributed by atoms with Gasteiger partial charge in [0.25, 0.3) is 5.09 Å². The zero-order valence-electron chi connectivity index (χ0n) is 16.2. The van der Waals surface area contributed by atoms with E-state index in [9.17, 15) is 19.7 Å². The van der Waals surface area contributed by atoms with Gasteiger partial charge in [0.15, 0.2) is 12.2 Å². The minimum absolute atomic E-state index is 0.0755. The number of ether oxygens (including phenoxy) is 2. The van der Waals surface area contributed by atoms with Gasteiger partial charge in [-0.3, -0.25) is 9.59 Å². The van der Waals surface area contributed by atoms with Crippen molar-refractivity contribution in [2.45, 2.75) is 25.0 Å². The second-order valence-electron chi connectivity index (χ2n) is 7.99. The molecule has 0 bridgehead atoms. The molecule has 0 aliphatic rings. The maximum Gasteiger partial charge on any atom is 0.309 e. The van der Waals surface area contributed by atoms with Crippen LogP contribution in [0.2, 0.25) is 0 Å². The lowest BCUT2D eigenvalue weighted by molar-refractivity contribution is -0.885. The summed E-state index contributed by atoms with van der Waals surface area (Å²) >= 11 is 0. The number of nitrogens with zero attached hydrogens (tertiary/aromatic N) is 3. The molecule has 2 atom stereocenters. The van der Waals surface area contributed by atoms with E-state index in [1.165, 1.54) is 7.11 Å². The summed E-state index contributed by atoms with van der Waals surface area (Å²) < 4.78 is 10.8. The van der Waals surface area contributed by atoms with Crippen LogP contribution in [-0.2, 0) is 23.9 Å². The zero-order valence-corrected chi connectivity index (χ0v) is 16.2. The van der Waals surface area contributed by atoms with Gasteiger partial charge >= 0.3 is 11.9 Å². The normalized spacial score (nSPS) is 14.4. The van der Waals surface area contributed by atoms with Crippen LogP contribution in [0.15, 0.2) is 0 Å². The fourth-order valence-electron chi connectivity index (χ4n) is 2.31. The molecule has 0 aromatic rings. The van der Waals surface area contributed by atoms with Gasteiger partial charge in [-0.15, -0.1) is 10.1 Å². The molecule has 0 rings (SSSR count). The lowest BCUT2D eigenvalue weighted by atomic mass is 10.2. The van der Waals surface area contributed by atoms with Gasteiger partial charge in [0, 0.05) is 0 Å². The molecule has 0 saturated carbocycles. The minimum Gasteiger partial charge on any atom is -0.469 e. The molecule has 0 aromatic heterocycles. The van der Waals surface area contributed by atoms with Gasteiger partial charge in [0.05, 0.1) is 62.2 Å². The van der Waals surface area contributed by atoms with E-state index in [1.54, 1.807) is 0 Å². The molecular weight excluding hydrogens is 334 g/mol. The number of rotatable bonds is 11. The Balaban J connectivity index is 4.92. The summed E-state index contributed by atoms with van der Waals surface area (Å²) in [6.07, 6.45) is -1.95. The highest BCUT2D eigenvalue weighted by atomic mass is 17.0. The smallest absolute Gasteiger partial charge is 0.309 e. The predicted octanol–water partition coefficient (Wildman–Crippen LogP) is -0.159. The number of quaternary nitrogens is 2. The number of esters is 2. The molecule has 10 nitrogen and oxygen atoms in total. The number of methoxy groups -OCH3 is 1. The van der Waals surface area contributed by atoms with Crippen molar-refractivity contribution in [3.05, 3.63) is 10.1 Å². The highest BCUT2D eigenvalue weighted by molar-refractivity contribution is 5.72. The van der Waals surface area contributed by atoms with Gasteiger partial charge in [0.1, 0.15) is 13.1 Å². The molecule has 0 fully saturated rings. The molecule has 0 aliphatic heterocycles. The molecular formula is C15H31N3O7+2. The van der Waals surface area contributed by atoms with Gasteiger partial charge in [-0.25, -0.2) is 0 Å². The van der Waals surface area contributed by atoms with Gasteiger partial charge in [-0.1, -0.05) is 0 Å². The van der Waals surface area contributed by atoms with E-state index in [0.717, 1.165) is 0 Å². The molecule has 0 aliphatic carbocycles. The number of hydrogen-bond donors (Lipinski definition) is 0. The van der Waals surface area contributed by atoms with Crippen LogP contribution in [0.4, 0.5) is 0 Å². The number of carbonyl (C=O) groups is 2. The Morgan fingerprint density at radius 2 is 1.36 bits per heavy atom. The van der Waals surface area contributed by atoms with Crippen molar-refractivity contribution in [3.8, 4) is 0 Å². The number of carbonyl (C=O) groups excluding carboxylic acids is 2. The quantitative estimate of drug-likeness (QED) is 0.217. The molecule has 146 valence electrons. The first-order valence-electron chi connectivity index (χ1n) is 7.90. The zero-order chi connectivity index (χ0) is 19.8. The van der Waals surface area contributed by atoms with E-state index in [1.807, 2.05) is 42.3 Å². The van der Waals surface area contributed by atoms with Crippen molar-refractivity contribution >= 4 is 11.9 Å². The largest absolute Gasteiger partial charge is 0.469 e. The topological polar surface area (TPSA) is 105 Å². The van der Waals surface area contributed by atoms with Crippen molar-refractivity contribution < 1.29 is 38.0 Å². The summed E-state index contributed by atoms with van der Waals surface area (Å²) in [5, 5.41) is 9.72. The van der Waals surface area contributed by atoms with Crippen molar-refractivity contribution in [2.75, 3.05) is 62.5 Å². The van der Waals surface area contributed by atoms with Crippen LogP contribution in [0.3, 0.4) is 0 Å². The number of likely N-dealkylation sites (N-methyl/N-ethyl adjacent to an activating group) is 2. The Morgan fingerprint density at radius 1 is 0.920 bits per heavy atom. The first kappa shape index (κ1) is 23.1. The lowest BCUT2D eigenvalue weighted by Crippen LogP contribution is -2.45. The van der Waals surface area contributed by atoms with Gasteiger partial charge in [0.2, 0.25) is 0 Å². The molecule has 10 heteroatoms. The van der Waals surface area contributed by atoms with E-state index >= 15 is 0 Å². The number of hydrogen-bond acceptors (Lipinski definition) is 7. The van der Waals surface area contributed by atoms with Crippen LogP contribution in [0.1, 0.15) is 12.8 Å². The monoisotopic (exact) mass is 365 g/mol. The van der Waals surface area contributed by atoms with E-state index in [2.05, 4.69) is 9.57 Å². The first-order chi connectivity index (χ1) is 11.2. The molecule has 0 aromatic carbocycles. The molecule has 2 unspecified atom stereocenters. The fourth-order valence-corrected chi connectivity index (χ4v) is 2.31. The van der Waals surface area contributed by atoms with Crippen molar-refractivity contribution in [3.63, 3.8) is 0 Å². The first-order valence-corrected chi connectivity index (χ1v) is 7.90. The average Bonchev–Trinajstić information content (AvgIpc) is 2.32. The van der Waals surface area contributed by atoms with Crippen molar-refractivity contribution in [1.82, 2.24) is 0 Å². The van der Waals surface area contributed by atoms with Crippen LogP contribution in [0.25, 0.3) is 0 Å². The highest BCUT2D eigenvalue weighted by Crippen LogP contribution is 2.11. The third-order valence-corrected chi connectivity index (χ3v) is 3.05. The minimum atomic E-state index is -0.926. The SMILES string of the molecule is COC(=O)CC(C[N+](C)(C)C)OC(=O)CC(C[N+](C)(C)C)O[N+](=O)[O-]. The maximum absolute atomic E-state index is 12.2. The standard InChI is InChI=1S/C15H31N3O7/c1-17(2,3)10-12(8-14(19)23-7)24-15(20)9-13(25-16(21)22)11-18(4,5)6/h12-13H,8-11H2,1-7H3/q+2. The lowest BCUT2D eigenvalue weighted by Gasteiger charge is -2.30. The highest BCUT2D eigenvalue weighted by Gasteiger charge is 2.29. The molecule has 0 spiro atoms. The molecule has 0 radical (unpaired) electrons. The molecule has 0 saturated heterocycles. The molecule has 0 amide bonds. The van der Waals surface area contributed by atoms with Crippen LogP contribution in [-0.4, -0.2) is 101 Å². The molecule has 25 heavy (non-hydrogen) atoms. The van der Waals surface area contributed by atoms with E-state index in [-0.39, 0.29) is 19.4 Å².